The maximum absolute atomic E-state index is 11.5. The number of ether oxygens (including phenoxy) is 1. The van der Waals surface area contributed by atoms with E-state index in [1.807, 2.05) is 5.01 Å². The number of carbonyl (C=O) groups is 1. The van der Waals surface area contributed by atoms with Gasteiger partial charge in [-0.05, 0) is 25.7 Å². The number of hydrogen-bond donors (Lipinski definition) is 1. The maximum atomic E-state index is 11.5. The van der Waals surface area contributed by atoms with E-state index >= 15 is 0 Å². The summed E-state index contributed by atoms with van der Waals surface area (Å²) < 4.78 is 5.29. The van der Waals surface area contributed by atoms with E-state index in [1.54, 1.807) is 0 Å². The maximum Gasteiger partial charge on any atom is 0.263 e. The van der Waals surface area contributed by atoms with Crippen molar-refractivity contribution in [2.45, 2.75) is 31.8 Å². The molecule has 0 aromatic heterocycles. The first-order chi connectivity index (χ1) is 6.36. The van der Waals surface area contributed by atoms with Crippen molar-refractivity contribution >= 4 is 5.91 Å². The molecule has 1 amide bonds. The molecule has 2 heterocycles. The third-order valence-electron chi connectivity index (χ3n) is 2.60. The summed E-state index contributed by atoms with van der Waals surface area (Å²) in [6.07, 6.45) is 4.07. The lowest BCUT2D eigenvalue weighted by atomic mass is 10.2. The van der Waals surface area contributed by atoms with Gasteiger partial charge in [-0.2, -0.15) is 0 Å². The quantitative estimate of drug-likeness (QED) is 0.670. The van der Waals surface area contributed by atoms with Crippen molar-refractivity contribution in [2.75, 3.05) is 19.7 Å². The fourth-order valence-corrected chi connectivity index (χ4v) is 1.84. The Hall–Kier alpha value is -0.610. The van der Waals surface area contributed by atoms with Gasteiger partial charge < -0.3 is 4.74 Å². The van der Waals surface area contributed by atoms with Crippen LogP contribution in [-0.2, 0) is 9.53 Å². The predicted octanol–water partition coefficient (Wildman–Crippen LogP) is 0.292. The van der Waals surface area contributed by atoms with Gasteiger partial charge in [0.2, 0.25) is 0 Å². The Labute approximate surface area is 78.2 Å². The van der Waals surface area contributed by atoms with Crippen LogP contribution in [0.1, 0.15) is 25.7 Å². The molecule has 0 bridgehead atoms. The van der Waals surface area contributed by atoms with Crippen LogP contribution in [0, 0.1) is 0 Å². The molecule has 2 fully saturated rings. The van der Waals surface area contributed by atoms with E-state index < -0.39 is 0 Å². The Morgan fingerprint density at radius 2 is 2.08 bits per heavy atom. The highest BCUT2D eigenvalue weighted by molar-refractivity contribution is 5.80. The fourth-order valence-electron chi connectivity index (χ4n) is 1.84. The number of carbonyl (C=O) groups excluding carboxylic acids is 1. The van der Waals surface area contributed by atoms with Gasteiger partial charge in [-0.3, -0.25) is 10.2 Å². The molecule has 1 N–H and O–H groups in total. The molecule has 13 heavy (non-hydrogen) atoms. The Bertz CT molecular complexity index is 184. The summed E-state index contributed by atoms with van der Waals surface area (Å²) in [5, 5.41) is 1.99. The molecular weight excluding hydrogens is 168 g/mol. The molecule has 0 spiro atoms. The van der Waals surface area contributed by atoms with E-state index in [9.17, 15) is 4.79 Å². The Morgan fingerprint density at radius 3 is 2.69 bits per heavy atom. The van der Waals surface area contributed by atoms with Crippen molar-refractivity contribution in [3.05, 3.63) is 0 Å². The average molecular weight is 184 g/mol. The molecule has 0 aliphatic carbocycles. The van der Waals surface area contributed by atoms with Crippen molar-refractivity contribution < 1.29 is 9.53 Å². The molecule has 0 aromatic rings. The van der Waals surface area contributed by atoms with Gasteiger partial charge in [-0.15, -0.1) is 0 Å². The molecule has 4 heteroatoms. The summed E-state index contributed by atoms with van der Waals surface area (Å²) in [4.78, 5) is 11.5. The van der Waals surface area contributed by atoms with Crippen molar-refractivity contribution in [3.63, 3.8) is 0 Å². The van der Waals surface area contributed by atoms with Gasteiger partial charge in [0.15, 0.2) is 0 Å². The lowest BCUT2D eigenvalue weighted by Gasteiger charge is -2.18. The zero-order valence-electron chi connectivity index (χ0n) is 7.79. The highest BCUT2D eigenvalue weighted by Gasteiger charge is 2.25. The third-order valence-corrected chi connectivity index (χ3v) is 2.60. The Morgan fingerprint density at radius 1 is 1.31 bits per heavy atom. The number of nitrogens with one attached hydrogen (secondary N) is 1. The molecule has 0 aromatic carbocycles. The summed E-state index contributed by atoms with van der Waals surface area (Å²) in [5.41, 5.74) is 2.89. The van der Waals surface area contributed by atoms with Crippen LogP contribution in [0.2, 0.25) is 0 Å². The second kappa shape index (κ2) is 4.07. The number of rotatable bonds is 2. The number of hydrogen-bond acceptors (Lipinski definition) is 3. The zero-order chi connectivity index (χ0) is 9.10. The molecular formula is C9H16N2O2. The van der Waals surface area contributed by atoms with Gasteiger partial charge in [0.25, 0.3) is 5.91 Å². The van der Waals surface area contributed by atoms with Crippen LogP contribution >= 0.6 is 0 Å². The molecule has 2 aliphatic heterocycles. The van der Waals surface area contributed by atoms with Crippen LogP contribution in [0.15, 0.2) is 0 Å². The smallest absolute Gasteiger partial charge is 0.263 e. The zero-order valence-corrected chi connectivity index (χ0v) is 7.79. The van der Waals surface area contributed by atoms with Crippen LogP contribution in [0.3, 0.4) is 0 Å². The predicted molar refractivity (Wildman–Crippen MR) is 47.9 cm³/mol. The largest absolute Gasteiger partial charge is 0.368 e. The summed E-state index contributed by atoms with van der Waals surface area (Å²) in [5.74, 6) is 0.0411. The highest BCUT2D eigenvalue weighted by atomic mass is 16.5. The topological polar surface area (TPSA) is 41.6 Å². The minimum Gasteiger partial charge on any atom is -0.368 e. The summed E-state index contributed by atoms with van der Waals surface area (Å²) >= 11 is 0. The summed E-state index contributed by atoms with van der Waals surface area (Å²) in [7, 11) is 0. The first kappa shape index (κ1) is 8.97. The van der Waals surface area contributed by atoms with Crippen molar-refractivity contribution in [3.8, 4) is 0 Å². The molecule has 0 saturated carbocycles. The van der Waals surface area contributed by atoms with Gasteiger partial charge in [-0.25, -0.2) is 5.01 Å². The van der Waals surface area contributed by atoms with E-state index in [0.29, 0.717) is 0 Å². The van der Waals surface area contributed by atoms with Crippen LogP contribution in [0.25, 0.3) is 0 Å². The highest BCUT2D eigenvalue weighted by Crippen LogP contribution is 2.12. The summed E-state index contributed by atoms with van der Waals surface area (Å²) in [6.45, 7) is 2.70. The first-order valence-corrected chi connectivity index (χ1v) is 5.03. The Balaban J connectivity index is 1.76. The van der Waals surface area contributed by atoms with Crippen molar-refractivity contribution in [1.29, 1.82) is 0 Å². The van der Waals surface area contributed by atoms with E-state index in [0.717, 1.165) is 32.5 Å². The van der Waals surface area contributed by atoms with E-state index in [4.69, 9.17) is 4.74 Å². The normalized spacial score (nSPS) is 29.4. The number of nitrogens with zero attached hydrogens (tertiary/aromatic N) is 1. The minimum atomic E-state index is -0.194. The van der Waals surface area contributed by atoms with Crippen LogP contribution in [0.4, 0.5) is 0 Å². The molecule has 1 atom stereocenters. The van der Waals surface area contributed by atoms with E-state index in [2.05, 4.69) is 5.43 Å². The molecule has 2 saturated heterocycles. The number of hydrazine groups is 1. The first-order valence-electron chi connectivity index (χ1n) is 5.03. The minimum absolute atomic E-state index is 0.0411. The van der Waals surface area contributed by atoms with Gasteiger partial charge in [0.1, 0.15) is 6.10 Å². The third kappa shape index (κ3) is 2.19. The van der Waals surface area contributed by atoms with Crippen LogP contribution in [0.5, 0.6) is 0 Å². The molecule has 2 aliphatic rings. The lowest BCUT2D eigenvalue weighted by Crippen LogP contribution is -2.45. The van der Waals surface area contributed by atoms with E-state index in [-0.39, 0.29) is 12.0 Å². The lowest BCUT2D eigenvalue weighted by molar-refractivity contribution is -0.134. The SMILES string of the molecule is O=C(NN1CCCC1)[C@@H]1CCCO1. The van der Waals surface area contributed by atoms with Gasteiger partial charge in [0.05, 0.1) is 0 Å². The van der Waals surface area contributed by atoms with E-state index in [1.165, 1.54) is 12.8 Å². The van der Waals surface area contributed by atoms with Crippen LogP contribution < -0.4 is 5.43 Å². The summed E-state index contributed by atoms with van der Waals surface area (Å²) in [6, 6.07) is 0. The monoisotopic (exact) mass is 184 g/mol. The molecule has 2 rings (SSSR count). The molecule has 0 unspecified atom stereocenters. The molecule has 74 valence electrons. The van der Waals surface area contributed by atoms with Gasteiger partial charge in [0, 0.05) is 19.7 Å². The second-order valence-electron chi connectivity index (χ2n) is 3.67. The number of amides is 1. The van der Waals surface area contributed by atoms with Crippen LogP contribution in [-0.4, -0.2) is 36.7 Å². The van der Waals surface area contributed by atoms with Crippen molar-refractivity contribution in [1.82, 2.24) is 10.4 Å². The second-order valence-corrected chi connectivity index (χ2v) is 3.67. The Kier molecular flexibility index (Phi) is 2.80. The van der Waals surface area contributed by atoms with Gasteiger partial charge in [-0.1, -0.05) is 0 Å². The fraction of sp³-hybridized carbons (Fsp3) is 0.889. The van der Waals surface area contributed by atoms with Crippen molar-refractivity contribution in [2.24, 2.45) is 0 Å². The van der Waals surface area contributed by atoms with Gasteiger partial charge >= 0.3 is 0 Å². The molecule has 4 nitrogen and oxygen atoms in total. The molecule has 0 radical (unpaired) electrons. The standard InChI is InChI=1S/C9H16N2O2/c12-9(8-4-3-7-13-8)10-11-5-1-2-6-11/h8H,1-7H2,(H,10,12)/t8-/m0/s1. The average Bonchev–Trinajstić information content (AvgIpc) is 2.74.